The fourth-order valence-corrected chi connectivity index (χ4v) is 2.04. The smallest absolute Gasteiger partial charge is 0.335 e. The molecule has 0 aliphatic carbocycles. The van der Waals surface area contributed by atoms with Gasteiger partial charge in [-0.25, -0.2) is 9.78 Å². The zero-order chi connectivity index (χ0) is 14.5. The van der Waals surface area contributed by atoms with E-state index in [4.69, 9.17) is 14.6 Å². The highest BCUT2D eigenvalue weighted by Gasteiger charge is 2.08. The van der Waals surface area contributed by atoms with E-state index < -0.39 is 5.97 Å². The Labute approximate surface area is 129 Å². The number of rotatable bonds is 5. The third-order valence-electron chi connectivity index (χ3n) is 2.54. The summed E-state index contributed by atoms with van der Waals surface area (Å²) in [4.78, 5) is 15.2. The maximum atomic E-state index is 10.9. The molecular formula is C14H12INO4. The van der Waals surface area contributed by atoms with Gasteiger partial charge in [-0.15, -0.1) is 0 Å². The Morgan fingerprint density at radius 1 is 1.35 bits per heavy atom. The minimum Gasteiger partial charge on any atom is -0.486 e. The van der Waals surface area contributed by atoms with Gasteiger partial charge in [-0.05, 0) is 46.9 Å². The summed E-state index contributed by atoms with van der Waals surface area (Å²) in [6, 6.07) is 10.1. The lowest BCUT2D eigenvalue weighted by molar-refractivity contribution is 0.0696. The van der Waals surface area contributed by atoms with Crippen molar-refractivity contribution in [2.75, 3.05) is 7.11 Å². The van der Waals surface area contributed by atoms with E-state index in [0.717, 1.165) is 3.57 Å². The highest BCUT2D eigenvalue weighted by Crippen LogP contribution is 2.23. The fourth-order valence-electron chi connectivity index (χ4n) is 1.55. The number of aromatic carboxylic acids is 1. The first-order valence-electron chi connectivity index (χ1n) is 5.75. The third-order valence-corrected chi connectivity index (χ3v) is 3.44. The summed E-state index contributed by atoms with van der Waals surface area (Å²) >= 11 is 2.09. The van der Waals surface area contributed by atoms with E-state index in [9.17, 15) is 4.79 Å². The van der Waals surface area contributed by atoms with Gasteiger partial charge in [0.15, 0.2) is 0 Å². The largest absolute Gasteiger partial charge is 0.486 e. The number of carbonyl (C=O) groups is 1. The molecule has 1 aromatic heterocycles. The van der Waals surface area contributed by atoms with Crippen LogP contribution in [-0.4, -0.2) is 23.2 Å². The molecule has 1 aromatic carbocycles. The summed E-state index contributed by atoms with van der Waals surface area (Å²) in [5.74, 6) is 0.0564. The molecule has 1 N–H and O–H groups in total. The predicted molar refractivity (Wildman–Crippen MR) is 81.2 cm³/mol. The number of methoxy groups -OCH3 is 1. The summed E-state index contributed by atoms with van der Waals surface area (Å²) in [7, 11) is 1.55. The van der Waals surface area contributed by atoms with Crippen molar-refractivity contribution in [3.63, 3.8) is 0 Å². The molecule has 0 aliphatic heterocycles. The molecule has 0 amide bonds. The molecule has 6 heteroatoms. The number of halogens is 1. The number of benzene rings is 1. The van der Waals surface area contributed by atoms with E-state index >= 15 is 0 Å². The number of hydrogen-bond donors (Lipinski definition) is 1. The van der Waals surface area contributed by atoms with Gasteiger partial charge in [0.1, 0.15) is 12.4 Å². The second kappa shape index (κ2) is 6.56. The van der Waals surface area contributed by atoms with E-state index in [1.54, 1.807) is 25.3 Å². The fraction of sp³-hybridized carbons (Fsp3) is 0.143. The normalized spacial score (nSPS) is 10.1. The molecule has 2 rings (SSSR count). The van der Waals surface area contributed by atoms with Gasteiger partial charge < -0.3 is 14.6 Å². The van der Waals surface area contributed by atoms with Gasteiger partial charge in [-0.1, -0.05) is 6.07 Å². The average Bonchev–Trinajstić information content (AvgIpc) is 2.46. The molecule has 5 nitrogen and oxygen atoms in total. The van der Waals surface area contributed by atoms with Crippen molar-refractivity contribution < 1.29 is 19.4 Å². The lowest BCUT2D eigenvalue weighted by Gasteiger charge is -2.09. The maximum absolute atomic E-state index is 10.9. The van der Waals surface area contributed by atoms with Crippen LogP contribution >= 0.6 is 22.6 Å². The molecule has 20 heavy (non-hydrogen) atoms. The highest BCUT2D eigenvalue weighted by molar-refractivity contribution is 14.1. The monoisotopic (exact) mass is 385 g/mol. The first-order chi connectivity index (χ1) is 9.60. The van der Waals surface area contributed by atoms with Gasteiger partial charge in [0.2, 0.25) is 5.88 Å². The SMILES string of the molecule is COc1cccc(COc2cc(C(=O)O)ccc2I)n1. The van der Waals surface area contributed by atoms with Gasteiger partial charge in [0.25, 0.3) is 0 Å². The predicted octanol–water partition coefficient (Wildman–Crippen LogP) is 2.97. The van der Waals surface area contributed by atoms with Crippen LogP contribution in [0.25, 0.3) is 0 Å². The van der Waals surface area contributed by atoms with Crippen molar-refractivity contribution in [2.24, 2.45) is 0 Å². The standard InChI is InChI=1S/C14H12INO4/c1-19-13-4-2-3-10(16-13)8-20-12-7-9(14(17)18)5-6-11(12)15/h2-7H,8H2,1H3,(H,17,18). The zero-order valence-electron chi connectivity index (χ0n) is 10.7. The summed E-state index contributed by atoms with van der Waals surface area (Å²) in [5, 5.41) is 8.97. The van der Waals surface area contributed by atoms with E-state index in [0.29, 0.717) is 17.3 Å². The van der Waals surface area contributed by atoms with Crippen molar-refractivity contribution in [1.29, 1.82) is 0 Å². The molecule has 1 heterocycles. The van der Waals surface area contributed by atoms with Crippen LogP contribution in [0.3, 0.4) is 0 Å². The molecule has 0 fully saturated rings. The highest BCUT2D eigenvalue weighted by atomic mass is 127. The number of carboxylic acids is 1. The minimum atomic E-state index is -0.981. The molecule has 0 spiro atoms. The number of nitrogens with zero attached hydrogens (tertiary/aromatic N) is 1. The number of aromatic nitrogens is 1. The van der Waals surface area contributed by atoms with Crippen LogP contribution in [0.15, 0.2) is 36.4 Å². The number of pyridine rings is 1. The van der Waals surface area contributed by atoms with Crippen LogP contribution in [0.4, 0.5) is 0 Å². The van der Waals surface area contributed by atoms with Gasteiger partial charge in [-0.3, -0.25) is 0 Å². The Bertz CT molecular complexity index is 630. The molecule has 0 aliphatic rings. The van der Waals surface area contributed by atoms with E-state index in [1.807, 2.05) is 12.1 Å². The maximum Gasteiger partial charge on any atom is 0.335 e. The van der Waals surface area contributed by atoms with Gasteiger partial charge in [0, 0.05) is 6.07 Å². The van der Waals surface area contributed by atoms with Crippen molar-refractivity contribution in [2.45, 2.75) is 6.61 Å². The van der Waals surface area contributed by atoms with Gasteiger partial charge >= 0.3 is 5.97 Å². The summed E-state index contributed by atoms with van der Waals surface area (Å²) in [6.45, 7) is 0.246. The van der Waals surface area contributed by atoms with E-state index in [1.165, 1.54) is 6.07 Å². The van der Waals surface area contributed by atoms with Crippen LogP contribution in [0.1, 0.15) is 16.1 Å². The average molecular weight is 385 g/mol. The van der Waals surface area contributed by atoms with E-state index in [-0.39, 0.29) is 12.2 Å². The molecule has 0 atom stereocenters. The third kappa shape index (κ3) is 3.60. The van der Waals surface area contributed by atoms with Crippen molar-refractivity contribution in [1.82, 2.24) is 4.98 Å². The molecular weight excluding hydrogens is 373 g/mol. The van der Waals surface area contributed by atoms with Crippen molar-refractivity contribution in [3.05, 3.63) is 51.2 Å². The van der Waals surface area contributed by atoms with Crippen LogP contribution in [0.2, 0.25) is 0 Å². The van der Waals surface area contributed by atoms with E-state index in [2.05, 4.69) is 27.6 Å². The molecule has 0 saturated carbocycles. The van der Waals surface area contributed by atoms with Crippen LogP contribution in [0, 0.1) is 3.57 Å². The first kappa shape index (κ1) is 14.6. The molecule has 0 unspecified atom stereocenters. The lowest BCUT2D eigenvalue weighted by Crippen LogP contribution is -2.02. The van der Waals surface area contributed by atoms with Crippen LogP contribution in [-0.2, 0) is 6.61 Å². The number of ether oxygens (including phenoxy) is 2. The van der Waals surface area contributed by atoms with Crippen molar-refractivity contribution >= 4 is 28.6 Å². The quantitative estimate of drug-likeness (QED) is 0.802. The minimum absolute atomic E-state index is 0.194. The number of carboxylic acid groups (broad SMARTS) is 1. The first-order valence-corrected chi connectivity index (χ1v) is 6.83. The second-order valence-electron chi connectivity index (χ2n) is 3.91. The number of hydrogen-bond acceptors (Lipinski definition) is 4. The summed E-state index contributed by atoms with van der Waals surface area (Å²) < 4.78 is 11.5. The van der Waals surface area contributed by atoms with Crippen LogP contribution in [0.5, 0.6) is 11.6 Å². The Kier molecular flexibility index (Phi) is 4.78. The topological polar surface area (TPSA) is 68.7 Å². The van der Waals surface area contributed by atoms with Gasteiger partial charge in [-0.2, -0.15) is 0 Å². The Hall–Kier alpha value is -1.83. The van der Waals surface area contributed by atoms with Gasteiger partial charge in [0.05, 0.1) is 21.9 Å². The van der Waals surface area contributed by atoms with Crippen molar-refractivity contribution in [3.8, 4) is 11.6 Å². The Balaban J connectivity index is 2.13. The Morgan fingerprint density at radius 2 is 2.15 bits per heavy atom. The summed E-state index contributed by atoms with van der Waals surface area (Å²) in [5.41, 5.74) is 0.903. The summed E-state index contributed by atoms with van der Waals surface area (Å²) in [6.07, 6.45) is 0. The molecule has 0 radical (unpaired) electrons. The zero-order valence-corrected chi connectivity index (χ0v) is 12.8. The Morgan fingerprint density at radius 3 is 2.85 bits per heavy atom. The molecule has 2 aromatic rings. The molecule has 0 saturated heterocycles. The molecule has 0 bridgehead atoms. The lowest BCUT2D eigenvalue weighted by atomic mass is 10.2. The van der Waals surface area contributed by atoms with Crippen LogP contribution < -0.4 is 9.47 Å². The second-order valence-corrected chi connectivity index (χ2v) is 5.07. The molecule has 104 valence electrons.